The number of hydrogen-bond acceptors (Lipinski definition) is 4. The van der Waals surface area contributed by atoms with Crippen molar-refractivity contribution in [3.05, 3.63) is 29.8 Å². The second-order valence-electron chi connectivity index (χ2n) is 5.80. The predicted octanol–water partition coefficient (Wildman–Crippen LogP) is 1.95. The topological polar surface area (TPSA) is 67.8 Å². The minimum absolute atomic E-state index is 0.114. The van der Waals surface area contributed by atoms with Gasteiger partial charge in [0.1, 0.15) is 0 Å². The van der Waals surface area contributed by atoms with Crippen molar-refractivity contribution in [1.82, 2.24) is 5.32 Å². The Hall–Kier alpha value is -2.01. The van der Waals surface area contributed by atoms with Crippen molar-refractivity contribution in [2.75, 3.05) is 19.9 Å². The van der Waals surface area contributed by atoms with Gasteiger partial charge in [0.25, 0.3) is 0 Å². The predicted molar refractivity (Wildman–Crippen MR) is 80.1 cm³/mol. The first-order valence-corrected chi connectivity index (χ1v) is 6.97. The Balaban J connectivity index is 1.87. The van der Waals surface area contributed by atoms with E-state index in [-0.39, 0.29) is 24.7 Å². The van der Waals surface area contributed by atoms with Crippen LogP contribution in [0.15, 0.2) is 24.3 Å². The van der Waals surface area contributed by atoms with Gasteiger partial charge in [-0.05, 0) is 35.6 Å². The average Bonchev–Trinajstić information content (AvgIpc) is 2.90. The summed E-state index contributed by atoms with van der Waals surface area (Å²) in [7, 11) is 0. The molecule has 114 valence electrons. The summed E-state index contributed by atoms with van der Waals surface area (Å²) >= 11 is 0. The molecule has 0 saturated carbocycles. The Bertz CT molecular complexity index is 537. The second-order valence-corrected chi connectivity index (χ2v) is 5.80. The summed E-state index contributed by atoms with van der Waals surface area (Å²) in [6.45, 7) is 4.90. The lowest BCUT2D eigenvalue weighted by Crippen LogP contribution is -2.33. The van der Waals surface area contributed by atoms with Gasteiger partial charge >= 0.3 is 0 Å². The summed E-state index contributed by atoms with van der Waals surface area (Å²) in [6.07, 6.45) is 3.88. The third kappa shape index (κ3) is 4.49. The third-order valence-electron chi connectivity index (χ3n) is 3.35. The van der Waals surface area contributed by atoms with Crippen molar-refractivity contribution >= 4 is 12.0 Å². The molecule has 0 saturated heterocycles. The first kappa shape index (κ1) is 15.4. The molecule has 21 heavy (non-hydrogen) atoms. The molecule has 5 nitrogen and oxygen atoms in total. The Labute approximate surface area is 124 Å². The van der Waals surface area contributed by atoms with Gasteiger partial charge in [-0.1, -0.05) is 19.9 Å². The quantitative estimate of drug-likeness (QED) is 0.786. The number of benzene rings is 1. The summed E-state index contributed by atoms with van der Waals surface area (Å²) in [5, 5.41) is 11.8. The number of amides is 1. The number of aliphatic hydroxyl groups is 1. The lowest BCUT2D eigenvalue weighted by molar-refractivity contribution is -0.116. The maximum absolute atomic E-state index is 11.8. The highest BCUT2D eigenvalue weighted by Crippen LogP contribution is 2.32. The van der Waals surface area contributed by atoms with Crippen LogP contribution in [0, 0.1) is 5.41 Å². The van der Waals surface area contributed by atoms with E-state index in [0.29, 0.717) is 18.7 Å². The van der Waals surface area contributed by atoms with Gasteiger partial charge in [0.05, 0.1) is 0 Å². The fourth-order valence-corrected chi connectivity index (χ4v) is 1.97. The first-order valence-electron chi connectivity index (χ1n) is 6.97. The van der Waals surface area contributed by atoms with Crippen LogP contribution in [-0.4, -0.2) is 31.0 Å². The highest BCUT2D eigenvalue weighted by atomic mass is 16.7. The second kappa shape index (κ2) is 6.63. The standard InChI is InChI=1S/C16H21NO4/c1-16(2,7-8-18)10-17-15(19)6-4-12-3-5-13-14(9-12)21-11-20-13/h3-6,9,18H,7-8,10-11H2,1-2H3,(H,17,19)/b6-4+. The smallest absolute Gasteiger partial charge is 0.244 e. The van der Waals surface area contributed by atoms with Crippen molar-refractivity contribution in [1.29, 1.82) is 0 Å². The number of fused-ring (bicyclic) bond motifs is 1. The molecule has 0 aliphatic carbocycles. The van der Waals surface area contributed by atoms with Crippen LogP contribution in [0.4, 0.5) is 0 Å². The highest BCUT2D eigenvalue weighted by Gasteiger charge is 2.17. The van der Waals surface area contributed by atoms with E-state index in [1.807, 2.05) is 32.0 Å². The van der Waals surface area contributed by atoms with Crippen molar-refractivity contribution in [3.63, 3.8) is 0 Å². The normalized spacial score (nSPS) is 13.7. The molecule has 2 rings (SSSR count). The number of rotatable bonds is 6. The Morgan fingerprint density at radius 3 is 2.90 bits per heavy atom. The number of nitrogens with one attached hydrogen (secondary N) is 1. The van der Waals surface area contributed by atoms with Gasteiger partial charge in [-0.15, -0.1) is 0 Å². The molecular formula is C16H21NO4. The van der Waals surface area contributed by atoms with Gasteiger partial charge in [-0.3, -0.25) is 4.79 Å². The Kier molecular flexibility index (Phi) is 4.85. The zero-order valence-corrected chi connectivity index (χ0v) is 12.4. The largest absolute Gasteiger partial charge is 0.454 e. The van der Waals surface area contributed by atoms with E-state index in [1.54, 1.807) is 6.08 Å². The molecular weight excluding hydrogens is 270 g/mol. The first-order chi connectivity index (χ1) is 10.00. The van der Waals surface area contributed by atoms with Gasteiger partial charge in [0.15, 0.2) is 11.5 Å². The minimum atomic E-state index is -0.154. The van der Waals surface area contributed by atoms with Crippen LogP contribution in [0.25, 0.3) is 6.08 Å². The molecule has 2 N–H and O–H groups in total. The summed E-state index contributed by atoms with van der Waals surface area (Å²) in [4.78, 5) is 11.8. The Morgan fingerprint density at radius 1 is 1.38 bits per heavy atom. The molecule has 0 spiro atoms. The van der Waals surface area contributed by atoms with Crippen LogP contribution in [0.2, 0.25) is 0 Å². The van der Waals surface area contributed by atoms with Gasteiger partial charge in [0.2, 0.25) is 12.7 Å². The van der Waals surface area contributed by atoms with E-state index in [1.165, 1.54) is 6.08 Å². The highest BCUT2D eigenvalue weighted by molar-refractivity contribution is 5.91. The Morgan fingerprint density at radius 2 is 2.14 bits per heavy atom. The fraction of sp³-hybridized carbons (Fsp3) is 0.438. The van der Waals surface area contributed by atoms with Crippen LogP contribution in [0.1, 0.15) is 25.8 Å². The monoisotopic (exact) mass is 291 g/mol. The molecule has 0 atom stereocenters. The van der Waals surface area contributed by atoms with Crippen LogP contribution in [0.3, 0.4) is 0 Å². The van der Waals surface area contributed by atoms with Crippen LogP contribution in [-0.2, 0) is 4.79 Å². The van der Waals surface area contributed by atoms with Crippen LogP contribution in [0.5, 0.6) is 11.5 Å². The van der Waals surface area contributed by atoms with Crippen LogP contribution < -0.4 is 14.8 Å². The zero-order chi connectivity index (χ0) is 15.3. The van der Waals surface area contributed by atoms with Crippen LogP contribution >= 0.6 is 0 Å². The van der Waals surface area contributed by atoms with E-state index >= 15 is 0 Å². The summed E-state index contributed by atoms with van der Waals surface area (Å²) < 4.78 is 10.5. The van der Waals surface area contributed by atoms with Gasteiger partial charge in [-0.2, -0.15) is 0 Å². The minimum Gasteiger partial charge on any atom is -0.454 e. The number of ether oxygens (including phenoxy) is 2. The molecule has 5 heteroatoms. The van der Waals surface area contributed by atoms with E-state index in [4.69, 9.17) is 14.6 Å². The maximum atomic E-state index is 11.8. The average molecular weight is 291 g/mol. The lowest BCUT2D eigenvalue weighted by Gasteiger charge is -2.23. The third-order valence-corrected chi connectivity index (χ3v) is 3.35. The van der Waals surface area contributed by atoms with E-state index in [9.17, 15) is 4.79 Å². The molecule has 1 amide bonds. The SMILES string of the molecule is CC(C)(CCO)CNC(=O)/C=C/c1ccc2c(c1)OCO2. The fourth-order valence-electron chi connectivity index (χ4n) is 1.97. The van der Waals surface area contributed by atoms with Gasteiger partial charge < -0.3 is 19.9 Å². The number of carbonyl (C=O) groups is 1. The molecule has 0 radical (unpaired) electrons. The molecule has 0 fully saturated rings. The molecule has 1 aromatic rings. The van der Waals surface area contributed by atoms with E-state index < -0.39 is 0 Å². The number of aliphatic hydroxyl groups excluding tert-OH is 1. The van der Waals surface area contributed by atoms with Crippen molar-refractivity contribution in [2.45, 2.75) is 20.3 Å². The van der Waals surface area contributed by atoms with E-state index in [2.05, 4.69) is 5.32 Å². The number of carbonyl (C=O) groups excluding carboxylic acids is 1. The summed E-state index contributed by atoms with van der Waals surface area (Å²) in [6, 6.07) is 5.53. The van der Waals surface area contributed by atoms with E-state index in [0.717, 1.165) is 11.3 Å². The van der Waals surface area contributed by atoms with Crippen molar-refractivity contribution in [3.8, 4) is 11.5 Å². The summed E-state index contributed by atoms with van der Waals surface area (Å²) in [5.41, 5.74) is 0.765. The molecule has 1 aliphatic heterocycles. The molecule has 1 aromatic carbocycles. The summed E-state index contributed by atoms with van der Waals surface area (Å²) in [5.74, 6) is 1.27. The molecule has 0 aromatic heterocycles. The maximum Gasteiger partial charge on any atom is 0.244 e. The van der Waals surface area contributed by atoms with Gasteiger partial charge in [-0.25, -0.2) is 0 Å². The molecule has 1 aliphatic rings. The zero-order valence-electron chi connectivity index (χ0n) is 12.4. The van der Waals surface area contributed by atoms with Crippen molar-refractivity contribution in [2.24, 2.45) is 5.41 Å². The molecule has 0 unspecified atom stereocenters. The van der Waals surface area contributed by atoms with Crippen molar-refractivity contribution < 1.29 is 19.4 Å². The molecule has 0 bridgehead atoms. The number of hydrogen-bond donors (Lipinski definition) is 2. The molecule has 1 heterocycles. The lowest BCUT2D eigenvalue weighted by atomic mass is 9.90. The van der Waals surface area contributed by atoms with Gasteiger partial charge in [0, 0.05) is 19.2 Å².